The van der Waals surface area contributed by atoms with E-state index in [0.29, 0.717) is 23.7 Å². The van der Waals surface area contributed by atoms with Gasteiger partial charge in [-0.3, -0.25) is 10.1 Å². The maximum atomic E-state index is 12.7. The van der Waals surface area contributed by atoms with Crippen molar-refractivity contribution in [3.63, 3.8) is 0 Å². The lowest BCUT2D eigenvalue weighted by Gasteiger charge is -2.27. The van der Waals surface area contributed by atoms with E-state index >= 15 is 0 Å². The Hall–Kier alpha value is -2.50. The monoisotopic (exact) mass is 318 g/mol. The molecule has 1 aliphatic rings. The molecule has 1 N–H and O–H groups in total. The Morgan fingerprint density at radius 1 is 1.52 bits per heavy atom. The first-order chi connectivity index (χ1) is 10.9. The van der Waals surface area contributed by atoms with E-state index < -0.39 is 11.5 Å². The van der Waals surface area contributed by atoms with Gasteiger partial charge >= 0.3 is 6.09 Å². The van der Waals surface area contributed by atoms with Crippen molar-refractivity contribution < 1.29 is 19.1 Å². The van der Waals surface area contributed by atoms with Crippen LogP contribution in [0.15, 0.2) is 30.9 Å². The number of hydrogen-bond acceptors (Lipinski definition) is 4. The van der Waals surface area contributed by atoms with Gasteiger partial charge in [-0.05, 0) is 39.0 Å². The number of carbonyl (C=O) groups excluding carboxylic acids is 2. The first-order valence-electron chi connectivity index (χ1n) is 7.52. The Balaban J connectivity index is 2.38. The summed E-state index contributed by atoms with van der Waals surface area (Å²) in [7, 11) is 0. The molecule has 0 spiro atoms. The van der Waals surface area contributed by atoms with Gasteiger partial charge in [-0.25, -0.2) is 4.79 Å². The zero-order valence-electron chi connectivity index (χ0n) is 13.7. The predicted molar refractivity (Wildman–Crippen MR) is 88.9 cm³/mol. The fraction of sp³-hybridized carbons (Fsp3) is 0.412. The minimum absolute atomic E-state index is 0.0514. The van der Waals surface area contributed by atoms with Crippen molar-refractivity contribution in [3.05, 3.63) is 30.9 Å². The highest BCUT2D eigenvalue weighted by Gasteiger charge is 2.37. The van der Waals surface area contributed by atoms with Gasteiger partial charge in [0.2, 0.25) is 5.91 Å². The number of anilines is 2. The summed E-state index contributed by atoms with van der Waals surface area (Å²) in [5, 5.41) is 2.63. The topological polar surface area (TPSA) is 67.9 Å². The summed E-state index contributed by atoms with van der Waals surface area (Å²) in [6.45, 7) is 10.1. The molecule has 1 heterocycles. The van der Waals surface area contributed by atoms with E-state index in [2.05, 4.69) is 11.9 Å². The number of nitrogens with one attached hydrogen (secondary N) is 1. The van der Waals surface area contributed by atoms with Crippen LogP contribution in [0.2, 0.25) is 0 Å². The molecule has 0 aliphatic carbocycles. The van der Waals surface area contributed by atoms with Crippen LogP contribution in [0.1, 0.15) is 20.8 Å². The van der Waals surface area contributed by atoms with Crippen molar-refractivity contribution in [2.75, 3.05) is 30.0 Å². The lowest BCUT2D eigenvalue weighted by Crippen LogP contribution is -2.42. The van der Waals surface area contributed by atoms with Crippen LogP contribution in [0.3, 0.4) is 0 Å². The van der Waals surface area contributed by atoms with Crippen LogP contribution < -0.4 is 15.0 Å². The van der Waals surface area contributed by atoms with Crippen LogP contribution in [0.4, 0.5) is 16.2 Å². The van der Waals surface area contributed by atoms with Crippen LogP contribution in [-0.2, 0) is 9.53 Å². The Labute approximate surface area is 136 Å². The van der Waals surface area contributed by atoms with Crippen molar-refractivity contribution in [3.8, 4) is 5.75 Å². The molecule has 0 atom stereocenters. The highest BCUT2D eigenvalue weighted by Crippen LogP contribution is 2.38. The summed E-state index contributed by atoms with van der Waals surface area (Å²) in [6, 6.07) is 5.15. The summed E-state index contributed by atoms with van der Waals surface area (Å²) in [6.07, 6.45) is 1.12. The average molecular weight is 318 g/mol. The minimum atomic E-state index is -0.642. The van der Waals surface area contributed by atoms with Crippen LogP contribution in [0.5, 0.6) is 5.75 Å². The zero-order valence-corrected chi connectivity index (χ0v) is 13.7. The number of ether oxygens (including phenoxy) is 2. The lowest BCUT2D eigenvalue weighted by molar-refractivity contribution is -0.127. The summed E-state index contributed by atoms with van der Waals surface area (Å²) in [5.74, 6) is 0.546. The van der Waals surface area contributed by atoms with Crippen molar-refractivity contribution in [2.24, 2.45) is 5.41 Å². The maximum Gasteiger partial charge on any atom is 0.411 e. The standard InChI is InChI=1S/C17H22N2O4/c1-5-9-19-13-10-12(18-16(21)22-6-2)7-8-14(13)23-11-17(3,4)15(19)20/h5,7-8,10H,1,6,9,11H2,2-4H3,(H,18,21). The number of nitrogens with zero attached hydrogens (tertiary/aromatic N) is 1. The third-order valence-electron chi connectivity index (χ3n) is 3.50. The van der Waals surface area contributed by atoms with Gasteiger partial charge in [0.25, 0.3) is 0 Å². The van der Waals surface area contributed by atoms with Crippen LogP contribution in [-0.4, -0.2) is 31.8 Å². The van der Waals surface area contributed by atoms with Gasteiger partial charge in [-0.15, -0.1) is 6.58 Å². The minimum Gasteiger partial charge on any atom is -0.490 e. The fourth-order valence-electron chi connectivity index (χ4n) is 2.32. The summed E-state index contributed by atoms with van der Waals surface area (Å²) < 4.78 is 10.6. The van der Waals surface area contributed by atoms with Crippen LogP contribution >= 0.6 is 0 Å². The summed E-state index contributed by atoms with van der Waals surface area (Å²) in [5.41, 5.74) is 0.499. The summed E-state index contributed by atoms with van der Waals surface area (Å²) >= 11 is 0. The van der Waals surface area contributed by atoms with Crippen molar-refractivity contribution in [1.82, 2.24) is 0 Å². The van der Waals surface area contributed by atoms with Crippen LogP contribution in [0, 0.1) is 5.41 Å². The molecule has 0 fully saturated rings. The lowest BCUT2D eigenvalue weighted by atomic mass is 9.93. The molecule has 0 saturated carbocycles. The second kappa shape index (κ2) is 6.73. The maximum absolute atomic E-state index is 12.7. The first-order valence-corrected chi connectivity index (χ1v) is 7.52. The molecule has 0 unspecified atom stereocenters. The highest BCUT2D eigenvalue weighted by molar-refractivity contribution is 6.00. The summed E-state index contributed by atoms with van der Waals surface area (Å²) in [4.78, 5) is 25.9. The van der Waals surface area contributed by atoms with Gasteiger partial charge in [0.15, 0.2) is 0 Å². The van der Waals surface area contributed by atoms with Gasteiger partial charge in [-0.2, -0.15) is 0 Å². The Morgan fingerprint density at radius 2 is 2.26 bits per heavy atom. The number of fused-ring (bicyclic) bond motifs is 1. The Morgan fingerprint density at radius 3 is 2.91 bits per heavy atom. The van der Waals surface area contributed by atoms with E-state index in [1.54, 1.807) is 36.1 Å². The molecule has 1 aromatic carbocycles. The quantitative estimate of drug-likeness (QED) is 0.866. The van der Waals surface area contributed by atoms with Gasteiger partial charge in [0.1, 0.15) is 12.4 Å². The van der Waals surface area contributed by atoms with E-state index in [0.717, 1.165) is 0 Å². The molecule has 0 aromatic heterocycles. The molecule has 6 heteroatoms. The largest absolute Gasteiger partial charge is 0.490 e. The highest BCUT2D eigenvalue weighted by atomic mass is 16.5. The predicted octanol–water partition coefficient (Wildman–Crippen LogP) is 3.19. The zero-order chi connectivity index (χ0) is 17.0. The number of hydrogen-bond donors (Lipinski definition) is 1. The molecule has 1 aromatic rings. The molecule has 23 heavy (non-hydrogen) atoms. The molecule has 2 rings (SSSR count). The van der Waals surface area contributed by atoms with Gasteiger partial charge in [-0.1, -0.05) is 6.08 Å². The van der Waals surface area contributed by atoms with E-state index in [9.17, 15) is 9.59 Å². The molecular weight excluding hydrogens is 296 g/mol. The van der Waals surface area contributed by atoms with Crippen molar-refractivity contribution in [2.45, 2.75) is 20.8 Å². The first kappa shape index (κ1) is 16.9. The van der Waals surface area contributed by atoms with Gasteiger partial charge in [0, 0.05) is 12.2 Å². The van der Waals surface area contributed by atoms with Crippen molar-refractivity contribution in [1.29, 1.82) is 0 Å². The third-order valence-corrected chi connectivity index (χ3v) is 3.50. The van der Waals surface area contributed by atoms with E-state index in [1.165, 1.54) is 0 Å². The van der Waals surface area contributed by atoms with E-state index in [1.807, 2.05) is 13.8 Å². The molecule has 1 aliphatic heterocycles. The molecular formula is C17H22N2O4. The average Bonchev–Trinajstić information content (AvgIpc) is 2.58. The number of benzene rings is 1. The Bertz CT molecular complexity index is 625. The van der Waals surface area contributed by atoms with E-state index in [4.69, 9.17) is 9.47 Å². The molecule has 2 amide bonds. The SMILES string of the molecule is C=CCN1C(=O)C(C)(C)COc2ccc(NC(=O)OCC)cc21. The third kappa shape index (κ3) is 3.64. The molecule has 0 radical (unpaired) electrons. The molecule has 6 nitrogen and oxygen atoms in total. The second-order valence-electron chi connectivity index (χ2n) is 5.90. The van der Waals surface area contributed by atoms with E-state index in [-0.39, 0.29) is 19.1 Å². The second-order valence-corrected chi connectivity index (χ2v) is 5.90. The Kier molecular flexibility index (Phi) is 4.93. The number of rotatable bonds is 4. The molecule has 0 bridgehead atoms. The normalized spacial score (nSPS) is 16.0. The van der Waals surface area contributed by atoms with Gasteiger partial charge < -0.3 is 14.4 Å². The van der Waals surface area contributed by atoms with Crippen LogP contribution in [0.25, 0.3) is 0 Å². The fourth-order valence-corrected chi connectivity index (χ4v) is 2.32. The van der Waals surface area contributed by atoms with Gasteiger partial charge in [0.05, 0.1) is 17.7 Å². The molecule has 124 valence electrons. The molecule has 0 saturated heterocycles. The number of amides is 2. The number of carbonyl (C=O) groups is 2. The smallest absolute Gasteiger partial charge is 0.411 e. The van der Waals surface area contributed by atoms with Crippen molar-refractivity contribution >= 4 is 23.4 Å².